The standard InChI is InChI=1S/C4H12O3Si/c1-3-4(2)8(5,6)7/h4-7H,3H2,1-2H3. The molecule has 0 aromatic heterocycles. The highest BCUT2D eigenvalue weighted by Gasteiger charge is 2.33. The molecule has 4 heteroatoms. The van der Waals surface area contributed by atoms with Crippen molar-refractivity contribution in [3.05, 3.63) is 0 Å². The Morgan fingerprint density at radius 1 is 1.38 bits per heavy atom. The normalized spacial score (nSPS) is 16.1. The van der Waals surface area contributed by atoms with Gasteiger partial charge in [0.2, 0.25) is 0 Å². The van der Waals surface area contributed by atoms with Gasteiger partial charge in [0.05, 0.1) is 0 Å². The lowest BCUT2D eigenvalue weighted by atomic mass is 10.4. The zero-order valence-corrected chi connectivity index (χ0v) is 6.13. The predicted molar refractivity (Wildman–Crippen MR) is 32.1 cm³/mol. The first-order chi connectivity index (χ1) is 3.48. The Kier molecular flexibility index (Phi) is 2.62. The summed E-state index contributed by atoms with van der Waals surface area (Å²) in [6.07, 6.45) is 0.607. The Labute approximate surface area is 50.0 Å². The molecular weight excluding hydrogens is 124 g/mol. The highest BCUT2D eigenvalue weighted by molar-refractivity contribution is 6.57. The van der Waals surface area contributed by atoms with Gasteiger partial charge >= 0.3 is 8.80 Å². The summed E-state index contributed by atoms with van der Waals surface area (Å²) in [5, 5.41) is 0. The van der Waals surface area contributed by atoms with Gasteiger partial charge in [-0.3, -0.25) is 0 Å². The zero-order valence-electron chi connectivity index (χ0n) is 5.13. The van der Waals surface area contributed by atoms with Crippen LogP contribution in [0.2, 0.25) is 5.54 Å². The summed E-state index contributed by atoms with van der Waals surface area (Å²) in [6.45, 7) is 3.42. The van der Waals surface area contributed by atoms with Crippen molar-refractivity contribution in [3.8, 4) is 0 Å². The van der Waals surface area contributed by atoms with Crippen LogP contribution in [0.4, 0.5) is 0 Å². The van der Waals surface area contributed by atoms with E-state index in [4.69, 9.17) is 14.4 Å². The van der Waals surface area contributed by atoms with E-state index in [1.54, 1.807) is 13.8 Å². The second-order valence-electron chi connectivity index (χ2n) is 2.00. The van der Waals surface area contributed by atoms with Crippen LogP contribution in [-0.2, 0) is 0 Å². The van der Waals surface area contributed by atoms with E-state index in [1.807, 2.05) is 0 Å². The van der Waals surface area contributed by atoms with Crippen LogP contribution in [0.1, 0.15) is 20.3 Å². The minimum atomic E-state index is -3.76. The third-order valence-electron chi connectivity index (χ3n) is 1.27. The van der Waals surface area contributed by atoms with Crippen molar-refractivity contribution in [1.82, 2.24) is 0 Å². The molecule has 1 unspecified atom stereocenters. The molecule has 0 bridgehead atoms. The van der Waals surface area contributed by atoms with E-state index in [2.05, 4.69) is 0 Å². The molecule has 0 aromatic rings. The first kappa shape index (κ1) is 8.10. The topological polar surface area (TPSA) is 60.7 Å². The average Bonchev–Trinajstić information content (AvgIpc) is 1.62. The first-order valence-electron chi connectivity index (χ1n) is 2.65. The molecule has 0 spiro atoms. The van der Waals surface area contributed by atoms with Gasteiger partial charge in [-0.05, 0) is 6.42 Å². The van der Waals surface area contributed by atoms with Crippen molar-refractivity contribution < 1.29 is 14.4 Å². The van der Waals surface area contributed by atoms with Crippen LogP contribution in [0.5, 0.6) is 0 Å². The lowest BCUT2D eigenvalue weighted by Crippen LogP contribution is -2.39. The van der Waals surface area contributed by atoms with E-state index in [0.29, 0.717) is 6.42 Å². The lowest BCUT2D eigenvalue weighted by Gasteiger charge is -2.14. The molecule has 3 N–H and O–H groups in total. The minimum absolute atomic E-state index is 0.345. The van der Waals surface area contributed by atoms with E-state index in [1.165, 1.54) is 0 Å². The van der Waals surface area contributed by atoms with Crippen molar-refractivity contribution in [2.75, 3.05) is 0 Å². The summed E-state index contributed by atoms with van der Waals surface area (Å²) in [6, 6.07) is 0. The van der Waals surface area contributed by atoms with E-state index >= 15 is 0 Å². The molecule has 0 fully saturated rings. The summed E-state index contributed by atoms with van der Waals surface area (Å²) in [5.74, 6) is 0. The van der Waals surface area contributed by atoms with Crippen molar-refractivity contribution in [2.45, 2.75) is 25.8 Å². The van der Waals surface area contributed by atoms with Crippen molar-refractivity contribution in [1.29, 1.82) is 0 Å². The number of hydrogen-bond donors (Lipinski definition) is 3. The second-order valence-corrected chi connectivity index (χ2v) is 4.36. The number of rotatable bonds is 2. The molecule has 0 heterocycles. The molecule has 0 rings (SSSR count). The summed E-state index contributed by atoms with van der Waals surface area (Å²) >= 11 is 0. The maximum absolute atomic E-state index is 8.54. The van der Waals surface area contributed by atoms with Crippen LogP contribution in [-0.4, -0.2) is 23.2 Å². The van der Waals surface area contributed by atoms with Gasteiger partial charge in [-0.1, -0.05) is 13.8 Å². The Morgan fingerprint density at radius 3 is 1.75 bits per heavy atom. The van der Waals surface area contributed by atoms with Gasteiger partial charge in [0.1, 0.15) is 0 Å². The molecule has 0 saturated heterocycles. The molecule has 0 aliphatic rings. The van der Waals surface area contributed by atoms with Gasteiger partial charge < -0.3 is 14.4 Å². The molecule has 0 aromatic carbocycles. The van der Waals surface area contributed by atoms with E-state index in [0.717, 1.165) is 0 Å². The van der Waals surface area contributed by atoms with Crippen LogP contribution in [0.3, 0.4) is 0 Å². The molecule has 0 radical (unpaired) electrons. The van der Waals surface area contributed by atoms with E-state index in [9.17, 15) is 0 Å². The maximum atomic E-state index is 8.54. The third kappa shape index (κ3) is 2.42. The Bertz CT molecular complexity index is 68.2. The van der Waals surface area contributed by atoms with Gasteiger partial charge in [-0.2, -0.15) is 0 Å². The summed E-state index contributed by atoms with van der Waals surface area (Å²) in [7, 11) is -3.76. The van der Waals surface area contributed by atoms with Gasteiger partial charge in [0.15, 0.2) is 0 Å². The van der Waals surface area contributed by atoms with Crippen LogP contribution < -0.4 is 0 Å². The molecule has 3 nitrogen and oxygen atoms in total. The molecule has 0 aliphatic carbocycles. The lowest BCUT2D eigenvalue weighted by molar-refractivity contribution is 0.211. The fourth-order valence-electron chi connectivity index (χ4n) is 0.274. The van der Waals surface area contributed by atoms with Crippen LogP contribution in [0.15, 0.2) is 0 Å². The molecule has 0 saturated carbocycles. The molecule has 1 atom stereocenters. The van der Waals surface area contributed by atoms with Crippen LogP contribution in [0.25, 0.3) is 0 Å². The first-order valence-corrected chi connectivity index (χ1v) is 4.57. The quantitative estimate of drug-likeness (QED) is 0.457. The molecule has 0 amide bonds. The monoisotopic (exact) mass is 136 g/mol. The third-order valence-corrected chi connectivity index (χ3v) is 3.00. The highest BCUT2D eigenvalue weighted by Crippen LogP contribution is 2.15. The van der Waals surface area contributed by atoms with Crippen molar-refractivity contribution in [3.63, 3.8) is 0 Å². The largest absolute Gasteiger partial charge is 0.495 e. The number of hydrogen-bond acceptors (Lipinski definition) is 3. The van der Waals surface area contributed by atoms with Crippen LogP contribution >= 0.6 is 0 Å². The molecule has 50 valence electrons. The SMILES string of the molecule is CCC(C)[Si](O)(O)O. The average molecular weight is 136 g/mol. The molecule has 0 aliphatic heterocycles. The van der Waals surface area contributed by atoms with Gasteiger partial charge in [0, 0.05) is 5.54 Å². The smallest absolute Gasteiger partial charge is 0.390 e. The summed E-state index contributed by atoms with van der Waals surface area (Å²) in [4.78, 5) is 25.6. The Hall–Kier alpha value is 0.0969. The van der Waals surface area contributed by atoms with Gasteiger partial charge in [-0.25, -0.2) is 0 Å². The molecule has 8 heavy (non-hydrogen) atoms. The van der Waals surface area contributed by atoms with E-state index in [-0.39, 0.29) is 5.54 Å². The minimum Gasteiger partial charge on any atom is -0.390 e. The highest BCUT2D eigenvalue weighted by atomic mass is 28.4. The predicted octanol–water partition coefficient (Wildman–Crippen LogP) is -0.298. The van der Waals surface area contributed by atoms with Crippen molar-refractivity contribution in [2.24, 2.45) is 0 Å². The molecular formula is C4H12O3Si. The maximum Gasteiger partial charge on any atom is 0.495 e. The zero-order chi connectivity index (χ0) is 6.78. The summed E-state index contributed by atoms with van der Waals surface area (Å²) in [5.41, 5.74) is -0.345. The van der Waals surface area contributed by atoms with Gasteiger partial charge in [0.25, 0.3) is 0 Å². The van der Waals surface area contributed by atoms with E-state index < -0.39 is 8.80 Å². The Balaban J connectivity index is 3.62. The van der Waals surface area contributed by atoms with Gasteiger partial charge in [-0.15, -0.1) is 0 Å². The fourth-order valence-corrected chi connectivity index (χ4v) is 0.822. The second kappa shape index (κ2) is 2.59. The fraction of sp³-hybridized carbons (Fsp3) is 1.00. The van der Waals surface area contributed by atoms with Crippen LogP contribution in [0, 0.1) is 0 Å². The van der Waals surface area contributed by atoms with Crippen molar-refractivity contribution >= 4 is 8.80 Å². The Morgan fingerprint density at radius 2 is 1.75 bits per heavy atom. The summed E-state index contributed by atoms with van der Waals surface area (Å²) < 4.78 is 0.